The summed E-state index contributed by atoms with van der Waals surface area (Å²) in [6.07, 6.45) is -0.943. The van der Waals surface area contributed by atoms with Crippen LogP contribution in [-0.2, 0) is 41.7 Å². The molecule has 2 rings (SSSR count). The second-order valence-corrected chi connectivity index (χ2v) is 13.4. The normalized spacial score (nSPS) is 13.9. The summed E-state index contributed by atoms with van der Waals surface area (Å²) in [5.74, 6) is -4.40. The van der Waals surface area contributed by atoms with Crippen LogP contribution in [0.15, 0.2) is 48.5 Å². The number of nitrogens with two attached hydrogens (primary N) is 1. The van der Waals surface area contributed by atoms with Crippen molar-refractivity contribution < 1.29 is 41.4 Å². The number of aliphatic hydroxyl groups excluding tert-OH is 1. The van der Waals surface area contributed by atoms with Crippen LogP contribution in [0.4, 0.5) is 0 Å². The van der Waals surface area contributed by atoms with Crippen LogP contribution in [0, 0.1) is 5.41 Å². The van der Waals surface area contributed by atoms with Crippen molar-refractivity contribution in [2.24, 2.45) is 5.73 Å². The van der Waals surface area contributed by atoms with Crippen LogP contribution in [0.5, 0.6) is 0 Å². The number of hydrogen-bond acceptors (Lipinski definition) is 9. The molecule has 0 aliphatic rings. The summed E-state index contributed by atoms with van der Waals surface area (Å²) < 4.78 is 51.1. The molecule has 14 nitrogen and oxygen atoms in total. The molecule has 3 atom stereocenters. The van der Waals surface area contributed by atoms with Crippen LogP contribution >= 0.6 is 0 Å². The van der Waals surface area contributed by atoms with Crippen molar-refractivity contribution in [1.29, 1.82) is 5.41 Å². The number of carbonyl (C=O) groups excluding carboxylic acids is 2. The maximum atomic E-state index is 13.0. The molecule has 16 heteroatoms. The van der Waals surface area contributed by atoms with Gasteiger partial charge in [0.25, 0.3) is 0 Å². The van der Waals surface area contributed by atoms with Gasteiger partial charge in [0.1, 0.15) is 27.8 Å². The van der Waals surface area contributed by atoms with E-state index in [1.165, 1.54) is 18.2 Å². The zero-order valence-electron chi connectivity index (χ0n) is 22.3. The van der Waals surface area contributed by atoms with Gasteiger partial charge in [-0.1, -0.05) is 36.4 Å². The Kier molecular flexibility index (Phi) is 11.5. The second kappa shape index (κ2) is 14.2. The first-order valence-corrected chi connectivity index (χ1v) is 15.9. The van der Waals surface area contributed by atoms with E-state index < -0.39 is 67.3 Å². The number of carboxylic acids is 1. The zero-order valence-corrected chi connectivity index (χ0v) is 24.0. The summed E-state index contributed by atoms with van der Waals surface area (Å²) in [5, 5.41) is 31.6. The highest BCUT2D eigenvalue weighted by molar-refractivity contribution is 7.90. The summed E-state index contributed by atoms with van der Waals surface area (Å²) in [4.78, 5) is 37.1. The highest BCUT2D eigenvalue weighted by Gasteiger charge is 2.32. The molecule has 2 aromatic rings. The Morgan fingerprint density at radius 3 is 2.15 bits per heavy atom. The minimum absolute atomic E-state index is 0.00979. The molecule has 1 unspecified atom stereocenters. The molecule has 0 aromatic heterocycles. The van der Waals surface area contributed by atoms with E-state index in [0.717, 1.165) is 19.2 Å². The largest absolute Gasteiger partial charge is 0.478 e. The molecule has 0 heterocycles. The molecule has 0 spiro atoms. The summed E-state index contributed by atoms with van der Waals surface area (Å²) in [6, 6.07) is 8.39. The molecule has 224 valence electrons. The van der Waals surface area contributed by atoms with Crippen molar-refractivity contribution in [3.8, 4) is 0 Å². The molecule has 0 bridgehead atoms. The number of amidine groups is 1. The maximum absolute atomic E-state index is 13.0. The van der Waals surface area contributed by atoms with Gasteiger partial charge in [-0.05, 0) is 36.6 Å². The number of carbonyl (C=O) groups is 3. The number of nitrogens with one attached hydrogen (secondary N) is 4. The van der Waals surface area contributed by atoms with E-state index in [1.54, 1.807) is 24.3 Å². The molecule has 2 aromatic carbocycles. The fraction of sp³-hybridized carbons (Fsp3) is 0.360. The number of carboxylic acid groups (broad SMARTS) is 1. The van der Waals surface area contributed by atoms with E-state index in [-0.39, 0.29) is 29.9 Å². The summed E-state index contributed by atoms with van der Waals surface area (Å²) in [6.45, 7) is 1.14. The van der Waals surface area contributed by atoms with Crippen LogP contribution in [0.3, 0.4) is 0 Å². The lowest BCUT2D eigenvalue weighted by molar-refractivity contribution is -0.131. The van der Waals surface area contributed by atoms with E-state index in [9.17, 15) is 36.3 Å². The maximum Gasteiger partial charge on any atom is 0.335 e. The molecule has 2 amide bonds. The Bertz CT molecular complexity index is 1490. The molecular weight excluding hydrogens is 578 g/mol. The Balaban J connectivity index is 2.17. The van der Waals surface area contributed by atoms with Gasteiger partial charge in [-0.3, -0.25) is 15.0 Å². The lowest BCUT2D eigenvalue weighted by atomic mass is 10.1. The van der Waals surface area contributed by atoms with Crippen molar-refractivity contribution in [2.75, 3.05) is 12.0 Å². The molecule has 0 fully saturated rings. The van der Waals surface area contributed by atoms with Gasteiger partial charge in [0, 0.05) is 18.4 Å². The number of hydrogen-bond donors (Lipinski definition) is 7. The first-order chi connectivity index (χ1) is 19.0. The van der Waals surface area contributed by atoms with Crippen molar-refractivity contribution in [1.82, 2.24) is 15.4 Å². The average molecular weight is 612 g/mol. The number of rotatable bonds is 15. The van der Waals surface area contributed by atoms with Crippen LogP contribution in [-0.4, -0.2) is 80.9 Å². The van der Waals surface area contributed by atoms with E-state index in [1.807, 2.05) is 0 Å². The Labute approximate surface area is 237 Å². The summed E-state index contributed by atoms with van der Waals surface area (Å²) >= 11 is 0. The van der Waals surface area contributed by atoms with Gasteiger partial charge in [-0.15, -0.1) is 0 Å². The molecule has 0 aliphatic heterocycles. The fourth-order valence-electron chi connectivity index (χ4n) is 3.60. The summed E-state index contributed by atoms with van der Waals surface area (Å²) in [7, 11) is -7.84. The van der Waals surface area contributed by atoms with Gasteiger partial charge in [0.15, 0.2) is 0 Å². The van der Waals surface area contributed by atoms with Crippen LogP contribution < -0.4 is 21.1 Å². The van der Waals surface area contributed by atoms with Crippen LogP contribution in [0.25, 0.3) is 0 Å². The second-order valence-electron chi connectivity index (χ2n) is 9.41. The molecule has 0 aliphatic carbocycles. The molecule has 0 radical (unpaired) electrons. The van der Waals surface area contributed by atoms with E-state index in [2.05, 4.69) is 15.4 Å². The monoisotopic (exact) mass is 611 g/mol. The number of sulfonamides is 1. The number of sulfone groups is 1. The predicted molar refractivity (Wildman–Crippen MR) is 150 cm³/mol. The van der Waals surface area contributed by atoms with Crippen LogP contribution in [0.1, 0.15) is 40.4 Å². The average Bonchev–Trinajstić information content (AvgIpc) is 2.87. The van der Waals surface area contributed by atoms with Gasteiger partial charge in [0.2, 0.25) is 21.8 Å². The topological polar surface area (TPSA) is 246 Å². The van der Waals surface area contributed by atoms with E-state index in [4.69, 9.17) is 16.2 Å². The van der Waals surface area contributed by atoms with E-state index in [0.29, 0.717) is 11.1 Å². The first-order valence-electron chi connectivity index (χ1n) is 12.2. The third kappa shape index (κ3) is 11.3. The molecular formula is C25H33N5O9S2. The molecule has 0 saturated carbocycles. The predicted octanol–water partition coefficient (Wildman–Crippen LogP) is -0.926. The number of amides is 2. The number of nitrogen functional groups attached to an aromatic ring is 1. The highest BCUT2D eigenvalue weighted by atomic mass is 32.2. The van der Waals surface area contributed by atoms with Gasteiger partial charge in [0.05, 0.1) is 23.2 Å². The van der Waals surface area contributed by atoms with Gasteiger partial charge in [-0.25, -0.2) is 21.6 Å². The SMILES string of the molecule is CC(O)[C@@H](NS(=O)(=O)Cc1cccc(C(=O)O)c1)C(=O)N[C@@H](CCS(C)(=O)=O)C(=O)NCc1ccc(C(=N)N)cc1. The Hall–Kier alpha value is -3.86. The van der Waals surface area contributed by atoms with E-state index >= 15 is 0 Å². The van der Waals surface area contributed by atoms with Crippen LogP contribution in [0.2, 0.25) is 0 Å². The Morgan fingerprint density at radius 2 is 1.61 bits per heavy atom. The lowest BCUT2D eigenvalue weighted by Gasteiger charge is -2.24. The Morgan fingerprint density at radius 1 is 0.976 bits per heavy atom. The first kappa shape index (κ1) is 33.3. The standard InChI is InChI=1S/C25H33N5O9S2/c1-15(31)21(30-41(38,39)14-17-4-3-5-19(12-17)25(34)35)24(33)29-20(10-11-40(2,36)37)23(32)28-13-16-6-8-18(9-7-16)22(26)27/h3-9,12,15,20-21,30-31H,10-11,13-14H2,1-2H3,(H3,26,27)(H,28,32)(H,29,33)(H,34,35)/t15?,20-,21+/m0/s1. The van der Waals surface area contributed by atoms with Gasteiger partial charge < -0.3 is 26.6 Å². The minimum atomic E-state index is -4.30. The van der Waals surface area contributed by atoms with Crippen molar-refractivity contribution in [3.63, 3.8) is 0 Å². The zero-order chi connectivity index (χ0) is 31.0. The van der Waals surface area contributed by atoms with Crippen molar-refractivity contribution in [3.05, 3.63) is 70.8 Å². The summed E-state index contributed by atoms with van der Waals surface area (Å²) in [5.41, 5.74) is 6.49. The number of aromatic carboxylic acids is 1. The fourth-order valence-corrected chi connectivity index (χ4v) is 5.65. The quantitative estimate of drug-likeness (QED) is 0.0963. The smallest absolute Gasteiger partial charge is 0.335 e. The third-order valence-electron chi connectivity index (χ3n) is 5.74. The number of aliphatic hydroxyl groups is 1. The highest BCUT2D eigenvalue weighted by Crippen LogP contribution is 2.11. The molecule has 41 heavy (non-hydrogen) atoms. The molecule has 0 saturated heterocycles. The third-order valence-corrected chi connectivity index (χ3v) is 8.05. The van der Waals surface area contributed by atoms with Crippen molar-refractivity contribution >= 4 is 43.5 Å². The van der Waals surface area contributed by atoms with Crippen molar-refractivity contribution in [2.45, 2.75) is 43.8 Å². The number of benzene rings is 2. The molecule has 8 N–H and O–H groups in total. The minimum Gasteiger partial charge on any atom is -0.478 e. The van der Waals surface area contributed by atoms with Gasteiger partial charge in [-0.2, -0.15) is 4.72 Å². The lowest BCUT2D eigenvalue weighted by Crippen LogP contribution is -2.57. The van der Waals surface area contributed by atoms with Gasteiger partial charge >= 0.3 is 5.97 Å².